The molecule has 0 saturated carbocycles. The molecule has 1 aliphatic carbocycles. The van der Waals surface area contributed by atoms with Crippen molar-refractivity contribution >= 4 is 33.4 Å². The topological polar surface area (TPSA) is 58.1 Å². The monoisotopic (exact) mass is 354 g/mol. The first kappa shape index (κ1) is 16.3. The lowest BCUT2D eigenvalue weighted by atomic mass is 10.0. The summed E-state index contributed by atoms with van der Waals surface area (Å²) < 4.78 is 0.889. The highest BCUT2D eigenvalue weighted by molar-refractivity contribution is 7.17. The molecule has 1 fully saturated rings. The van der Waals surface area contributed by atoms with E-state index in [2.05, 4.69) is 33.5 Å². The molecular weight excluding hydrogens is 332 g/mol. The van der Waals surface area contributed by atoms with E-state index in [1.54, 1.807) is 0 Å². The normalized spacial score (nSPS) is 17.1. The van der Waals surface area contributed by atoms with Crippen LogP contribution in [0, 0.1) is 0 Å². The average molecular weight is 354 g/mol. The summed E-state index contributed by atoms with van der Waals surface area (Å²) in [7, 11) is 0. The second-order valence-corrected chi connectivity index (χ2v) is 7.38. The first-order chi connectivity index (χ1) is 12.3. The predicted octanol–water partition coefficient (Wildman–Crippen LogP) is 4.01. The Morgan fingerprint density at radius 3 is 2.92 bits per heavy atom. The summed E-state index contributed by atoms with van der Waals surface area (Å²) in [5, 5.41) is 5.27. The summed E-state index contributed by atoms with van der Waals surface area (Å²) in [5.41, 5.74) is 2.74. The van der Waals surface area contributed by atoms with E-state index >= 15 is 0 Å². The van der Waals surface area contributed by atoms with Crippen molar-refractivity contribution in [2.24, 2.45) is 0 Å². The summed E-state index contributed by atoms with van der Waals surface area (Å²) in [6.07, 6.45) is 12.1. The van der Waals surface area contributed by atoms with E-state index in [0.29, 0.717) is 11.6 Å². The van der Waals surface area contributed by atoms with Crippen molar-refractivity contribution in [3.8, 4) is 0 Å². The first-order valence-electron chi connectivity index (χ1n) is 8.95. The number of allylic oxidation sites excluding steroid dienone is 3. The molecule has 0 atom stereocenters. The lowest BCUT2D eigenvalue weighted by Crippen LogP contribution is -2.28. The van der Waals surface area contributed by atoms with Crippen LogP contribution in [-0.4, -0.2) is 40.4 Å². The Bertz CT molecular complexity index is 833. The van der Waals surface area contributed by atoms with Gasteiger partial charge < -0.3 is 10.2 Å². The Morgan fingerprint density at radius 2 is 2.12 bits per heavy atom. The minimum absolute atomic E-state index is 0.0355. The van der Waals surface area contributed by atoms with Gasteiger partial charge in [0.2, 0.25) is 5.95 Å². The van der Waals surface area contributed by atoms with Crippen LogP contribution < -0.4 is 5.32 Å². The third kappa shape index (κ3) is 3.58. The predicted molar refractivity (Wildman–Crippen MR) is 102 cm³/mol. The fourth-order valence-electron chi connectivity index (χ4n) is 3.33. The lowest BCUT2D eigenvalue weighted by molar-refractivity contribution is 0.0789. The molecule has 4 rings (SSSR count). The zero-order chi connectivity index (χ0) is 17.1. The number of aromatic nitrogens is 2. The molecule has 130 valence electrons. The van der Waals surface area contributed by atoms with E-state index in [9.17, 15) is 4.79 Å². The Kier molecular flexibility index (Phi) is 4.78. The van der Waals surface area contributed by atoms with Gasteiger partial charge in [-0.2, -0.15) is 0 Å². The summed E-state index contributed by atoms with van der Waals surface area (Å²) in [4.78, 5) is 23.9. The van der Waals surface area contributed by atoms with Crippen molar-refractivity contribution in [2.45, 2.75) is 32.1 Å². The molecule has 0 spiro atoms. The van der Waals surface area contributed by atoms with Crippen molar-refractivity contribution in [3.05, 3.63) is 40.9 Å². The van der Waals surface area contributed by atoms with Gasteiger partial charge >= 0.3 is 0 Å². The number of thiophene rings is 1. The van der Waals surface area contributed by atoms with Gasteiger partial charge in [-0.3, -0.25) is 4.79 Å². The SMILES string of the molecule is O=C(c1nc(NCCC2=CCCC=C2)nc2ccsc12)N1CCCC1. The van der Waals surface area contributed by atoms with E-state index in [0.717, 1.165) is 62.0 Å². The van der Waals surface area contributed by atoms with Gasteiger partial charge in [0.25, 0.3) is 5.91 Å². The molecule has 2 aliphatic rings. The summed E-state index contributed by atoms with van der Waals surface area (Å²) >= 11 is 1.54. The summed E-state index contributed by atoms with van der Waals surface area (Å²) in [5.74, 6) is 0.585. The highest BCUT2D eigenvalue weighted by Gasteiger charge is 2.24. The highest BCUT2D eigenvalue weighted by atomic mass is 32.1. The number of rotatable bonds is 5. The molecule has 25 heavy (non-hydrogen) atoms. The fourth-order valence-corrected chi connectivity index (χ4v) is 4.14. The standard InChI is InChI=1S/C19H22N4OS/c24-18(23-11-4-5-12-23)16-17-15(9-13-25-17)21-19(22-16)20-10-8-14-6-2-1-3-7-14/h2,6-7,9,13H,1,3-5,8,10-12H2,(H,20,21,22). The van der Waals surface area contributed by atoms with Crippen LogP contribution in [0.2, 0.25) is 0 Å². The molecule has 0 bridgehead atoms. The molecule has 2 aromatic heterocycles. The number of nitrogens with one attached hydrogen (secondary N) is 1. The van der Waals surface area contributed by atoms with E-state index in [1.807, 2.05) is 16.3 Å². The van der Waals surface area contributed by atoms with E-state index < -0.39 is 0 Å². The molecule has 1 saturated heterocycles. The van der Waals surface area contributed by atoms with Crippen LogP contribution in [0.3, 0.4) is 0 Å². The molecule has 2 aromatic rings. The number of nitrogens with zero attached hydrogens (tertiary/aromatic N) is 3. The van der Waals surface area contributed by atoms with Gasteiger partial charge in [0.15, 0.2) is 5.69 Å². The van der Waals surface area contributed by atoms with Crippen molar-refractivity contribution in [3.63, 3.8) is 0 Å². The van der Waals surface area contributed by atoms with Gasteiger partial charge in [-0.15, -0.1) is 11.3 Å². The van der Waals surface area contributed by atoms with Gasteiger partial charge in [-0.1, -0.05) is 23.8 Å². The number of likely N-dealkylation sites (tertiary alicyclic amines) is 1. The molecule has 0 aromatic carbocycles. The Balaban J connectivity index is 1.52. The Hall–Kier alpha value is -2.21. The van der Waals surface area contributed by atoms with Crippen molar-refractivity contribution in [1.82, 2.24) is 14.9 Å². The molecule has 0 radical (unpaired) electrons. The second kappa shape index (κ2) is 7.35. The zero-order valence-electron chi connectivity index (χ0n) is 14.2. The summed E-state index contributed by atoms with van der Waals surface area (Å²) in [6, 6.07) is 1.96. The van der Waals surface area contributed by atoms with Crippen LogP contribution in [0.1, 0.15) is 42.6 Å². The number of fused-ring (bicyclic) bond motifs is 1. The van der Waals surface area contributed by atoms with Gasteiger partial charge in [-0.25, -0.2) is 9.97 Å². The van der Waals surface area contributed by atoms with Crippen LogP contribution in [-0.2, 0) is 0 Å². The first-order valence-corrected chi connectivity index (χ1v) is 9.83. The molecule has 1 N–H and O–H groups in total. The largest absolute Gasteiger partial charge is 0.354 e. The van der Waals surface area contributed by atoms with Gasteiger partial charge in [0.1, 0.15) is 0 Å². The van der Waals surface area contributed by atoms with Crippen LogP contribution in [0.15, 0.2) is 35.2 Å². The van der Waals surface area contributed by atoms with Crippen LogP contribution in [0.5, 0.6) is 0 Å². The van der Waals surface area contributed by atoms with Gasteiger partial charge in [-0.05, 0) is 43.6 Å². The van der Waals surface area contributed by atoms with E-state index in [1.165, 1.54) is 16.9 Å². The van der Waals surface area contributed by atoms with E-state index in [4.69, 9.17) is 0 Å². The summed E-state index contributed by atoms with van der Waals surface area (Å²) in [6.45, 7) is 2.43. The van der Waals surface area contributed by atoms with Gasteiger partial charge in [0.05, 0.1) is 10.2 Å². The fraction of sp³-hybridized carbons (Fsp3) is 0.421. The van der Waals surface area contributed by atoms with Crippen molar-refractivity contribution < 1.29 is 4.79 Å². The molecule has 0 unspecified atom stereocenters. The third-order valence-electron chi connectivity index (χ3n) is 4.67. The average Bonchev–Trinajstić information content (AvgIpc) is 3.33. The third-order valence-corrected chi connectivity index (χ3v) is 5.58. The molecule has 1 aliphatic heterocycles. The van der Waals surface area contributed by atoms with Crippen molar-refractivity contribution in [1.29, 1.82) is 0 Å². The van der Waals surface area contributed by atoms with Crippen LogP contribution >= 0.6 is 11.3 Å². The van der Waals surface area contributed by atoms with E-state index in [-0.39, 0.29) is 5.91 Å². The number of anilines is 1. The smallest absolute Gasteiger partial charge is 0.274 e. The molecule has 3 heterocycles. The number of carbonyl (C=O) groups is 1. The Labute approximate surface area is 151 Å². The molecule has 6 heteroatoms. The minimum atomic E-state index is 0.0355. The van der Waals surface area contributed by atoms with Crippen molar-refractivity contribution in [2.75, 3.05) is 25.0 Å². The number of carbonyl (C=O) groups excluding carboxylic acids is 1. The van der Waals surface area contributed by atoms with Gasteiger partial charge in [0, 0.05) is 19.6 Å². The number of hydrogen-bond acceptors (Lipinski definition) is 5. The molecule has 5 nitrogen and oxygen atoms in total. The Morgan fingerprint density at radius 1 is 1.24 bits per heavy atom. The quantitative estimate of drug-likeness (QED) is 0.881. The molecule has 1 amide bonds. The highest BCUT2D eigenvalue weighted by Crippen LogP contribution is 2.26. The molecular formula is C19H22N4OS. The van der Waals surface area contributed by atoms with Crippen LogP contribution in [0.4, 0.5) is 5.95 Å². The lowest BCUT2D eigenvalue weighted by Gasteiger charge is -2.15. The van der Waals surface area contributed by atoms with Crippen LogP contribution in [0.25, 0.3) is 10.2 Å². The number of amides is 1. The number of hydrogen-bond donors (Lipinski definition) is 1. The second-order valence-electron chi connectivity index (χ2n) is 6.47. The maximum Gasteiger partial charge on any atom is 0.274 e. The minimum Gasteiger partial charge on any atom is -0.354 e. The zero-order valence-corrected chi connectivity index (χ0v) is 15.0. The maximum absolute atomic E-state index is 12.8. The maximum atomic E-state index is 12.8.